The van der Waals surface area contributed by atoms with Gasteiger partial charge in [-0.1, -0.05) is 30.3 Å². The predicted molar refractivity (Wildman–Crippen MR) is 105 cm³/mol. The fraction of sp³-hybridized carbons (Fsp3) is 0.0500. The van der Waals surface area contributed by atoms with Crippen LogP contribution in [0.5, 0.6) is 0 Å². The highest BCUT2D eigenvalue weighted by atomic mass is 79.9. The number of carbonyl (C=O) groups is 1. The molecule has 1 N–H and O–H groups in total. The molecule has 0 aliphatic heterocycles. The highest BCUT2D eigenvalue weighted by Gasteiger charge is 2.17. The third-order valence-electron chi connectivity index (χ3n) is 4.03. The molecule has 6 heteroatoms. The Bertz CT molecular complexity index is 1110. The maximum absolute atomic E-state index is 12.7. The van der Waals surface area contributed by atoms with Gasteiger partial charge in [-0.05, 0) is 46.6 Å². The van der Waals surface area contributed by atoms with E-state index >= 15 is 0 Å². The third-order valence-corrected chi connectivity index (χ3v) is 4.46. The van der Waals surface area contributed by atoms with Crippen LogP contribution in [0.4, 0.5) is 5.82 Å². The van der Waals surface area contributed by atoms with Crippen molar-refractivity contribution in [2.75, 3.05) is 5.32 Å². The van der Waals surface area contributed by atoms with Gasteiger partial charge in [0.1, 0.15) is 17.2 Å². The highest BCUT2D eigenvalue weighted by Crippen LogP contribution is 2.29. The standard InChI is InChI=1S/C20H15BrN4O/c1-13-7-8-25-17(9-13)23-18(14-5-3-2-4-6-14)19(25)24-20(26)15-10-16(21)12-22-11-15/h2-12H,1H3,(H,24,26). The van der Waals surface area contributed by atoms with E-state index in [0.29, 0.717) is 11.4 Å². The molecule has 0 fully saturated rings. The van der Waals surface area contributed by atoms with Crippen molar-refractivity contribution < 1.29 is 4.79 Å². The molecule has 1 amide bonds. The fourth-order valence-corrected chi connectivity index (χ4v) is 3.14. The Morgan fingerprint density at radius 1 is 1.12 bits per heavy atom. The number of rotatable bonds is 3. The number of pyridine rings is 2. The number of hydrogen-bond acceptors (Lipinski definition) is 3. The molecule has 0 unspecified atom stereocenters. The van der Waals surface area contributed by atoms with Crippen molar-refractivity contribution in [3.8, 4) is 11.3 Å². The maximum Gasteiger partial charge on any atom is 0.258 e. The lowest BCUT2D eigenvalue weighted by molar-refractivity contribution is 0.102. The molecule has 0 aliphatic rings. The Kier molecular flexibility index (Phi) is 4.26. The average molecular weight is 407 g/mol. The van der Waals surface area contributed by atoms with E-state index in [1.807, 2.05) is 60.0 Å². The number of benzene rings is 1. The Balaban J connectivity index is 1.83. The third kappa shape index (κ3) is 3.11. The Labute approximate surface area is 158 Å². The maximum atomic E-state index is 12.7. The van der Waals surface area contributed by atoms with Crippen LogP contribution in [0.2, 0.25) is 0 Å². The molecule has 0 bridgehead atoms. The van der Waals surface area contributed by atoms with Crippen LogP contribution in [-0.4, -0.2) is 20.3 Å². The number of hydrogen-bond donors (Lipinski definition) is 1. The van der Waals surface area contributed by atoms with Gasteiger partial charge in [-0.15, -0.1) is 0 Å². The van der Waals surface area contributed by atoms with E-state index in [4.69, 9.17) is 4.98 Å². The van der Waals surface area contributed by atoms with Crippen LogP contribution >= 0.6 is 15.9 Å². The second-order valence-corrected chi connectivity index (χ2v) is 6.87. The van der Waals surface area contributed by atoms with Gasteiger partial charge < -0.3 is 5.32 Å². The summed E-state index contributed by atoms with van der Waals surface area (Å²) < 4.78 is 2.64. The first-order valence-electron chi connectivity index (χ1n) is 8.08. The molecule has 0 atom stereocenters. The summed E-state index contributed by atoms with van der Waals surface area (Å²) in [6.45, 7) is 2.02. The molecular weight excluding hydrogens is 392 g/mol. The topological polar surface area (TPSA) is 59.3 Å². The zero-order chi connectivity index (χ0) is 18.1. The Morgan fingerprint density at radius 2 is 1.92 bits per heavy atom. The first kappa shape index (κ1) is 16.5. The second kappa shape index (κ2) is 6.72. The number of fused-ring (bicyclic) bond motifs is 1. The molecule has 3 heterocycles. The number of amides is 1. The van der Waals surface area contributed by atoms with Crippen molar-refractivity contribution in [2.24, 2.45) is 0 Å². The largest absolute Gasteiger partial charge is 0.306 e. The number of anilines is 1. The summed E-state index contributed by atoms with van der Waals surface area (Å²) in [5.41, 5.74) is 4.03. The molecular formula is C20H15BrN4O. The van der Waals surface area contributed by atoms with Crippen molar-refractivity contribution in [1.82, 2.24) is 14.4 Å². The monoisotopic (exact) mass is 406 g/mol. The molecule has 4 aromatic rings. The molecule has 0 spiro atoms. The lowest BCUT2D eigenvalue weighted by atomic mass is 10.1. The van der Waals surface area contributed by atoms with Crippen LogP contribution in [0.3, 0.4) is 0 Å². The van der Waals surface area contributed by atoms with Crippen molar-refractivity contribution in [3.05, 3.63) is 82.7 Å². The number of carbonyl (C=O) groups excluding carboxylic acids is 1. The zero-order valence-corrected chi connectivity index (χ0v) is 15.6. The lowest BCUT2D eigenvalue weighted by Gasteiger charge is -2.08. The zero-order valence-electron chi connectivity index (χ0n) is 14.0. The van der Waals surface area contributed by atoms with E-state index in [-0.39, 0.29) is 5.91 Å². The van der Waals surface area contributed by atoms with E-state index in [2.05, 4.69) is 26.2 Å². The number of aryl methyl sites for hydroxylation is 1. The smallest absolute Gasteiger partial charge is 0.258 e. The van der Waals surface area contributed by atoms with Crippen LogP contribution in [0.1, 0.15) is 15.9 Å². The van der Waals surface area contributed by atoms with Crippen LogP contribution in [-0.2, 0) is 0 Å². The molecule has 5 nitrogen and oxygen atoms in total. The van der Waals surface area contributed by atoms with Crippen molar-refractivity contribution in [1.29, 1.82) is 0 Å². The summed E-state index contributed by atoms with van der Waals surface area (Å²) in [7, 11) is 0. The Hall–Kier alpha value is -2.99. The van der Waals surface area contributed by atoms with Gasteiger partial charge >= 0.3 is 0 Å². The van der Waals surface area contributed by atoms with E-state index < -0.39 is 0 Å². The molecule has 0 radical (unpaired) electrons. The molecule has 1 aromatic carbocycles. The lowest BCUT2D eigenvalue weighted by Crippen LogP contribution is -2.14. The Morgan fingerprint density at radius 3 is 2.69 bits per heavy atom. The summed E-state index contributed by atoms with van der Waals surface area (Å²) in [6, 6.07) is 15.5. The van der Waals surface area contributed by atoms with E-state index in [9.17, 15) is 4.79 Å². The van der Waals surface area contributed by atoms with Crippen LogP contribution in [0.25, 0.3) is 16.9 Å². The number of halogens is 1. The molecule has 128 valence electrons. The van der Waals surface area contributed by atoms with E-state index in [0.717, 1.165) is 26.9 Å². The molecule has 3 aromatic heterocycles. The van der Waals surface area contributed by atoms with Gasteiger partial charge in [-0.3, -0.25) is 14.2 Å². The second-order valence-electron chi connectivity index (χ2n) is 5.95. The number of aromatic nitrogens is 3. The number of nitrogens with one attached hydrogen (secondary N) is 1. The SMILES string of the molecule is Cc1ccn2c(NC(=O)c3cncc(Br)c3)c(-c3ccccc3)nc2c1. The van der Waals surface area contributed by atoms with Crippen LogP contribution in [0.15, 0.2) is 71.6 Å². The quantitative estimate of drug-likeness (QED) is 0.535. The summed E-state index contributed by atoms with van der Waals surface area (Å²) in [6.07, 6.45) is 5.09. The van der Waals surface area contributed by atoms with Crippen molar-refractivity contribution in [2.45, 2.75) is 6.92 Å². The van der Waals surface area contributed by atoms with Crippen molar-refractivity contribution in [3.63, 3.8) is 0 Å². The molecule has 4 rings (SSSR count). The van der Waals surface area contributed by atoms with Crippen molar-refractivity contribution >= 4 is 33.3 Å². The van der Waals surface area contributed by atoms with Gasteiger partial charge in [-0.2, -0.15) is 0 Å². The van der Waals surface area contributed by atoms with Gasteiger partial charge in [0.15, 0.2) is 0 Å². The van der Waals surface area contributed by atoms with Gasteiger partial charge in [0, 0.05) is 28.6 Å². The molecule has 0 saturated heterocycles. The predicted octanol–water partition coefficient (Wildman–Crippen LogP) is 4.72. The fourth-order valence-electron chi connectivity index (χ4n) is 2.78. The molecule has 0 saturated carbocycles. The summed E-state index contributed by atoms with van der Waals surface area (Å²) >= 11 is 3.35. The normalized spacial score (nSPS) is 10.8. The van der Waals surface area contributed by atoms with Gasteiger partial charge in [-0.25, -0.2) is 4.98 Å². The minimum absolute atomic E-state index is 0.238. The molecule has 0 aliphatic carbocycles. The van der Waals surface area contributed by atoms with Gasteiger partial charge in [0.05, 0.1) is 5.56 Å². The summed E-state index contributed by atoms with van der Waals surface area (Å²) in [4.78, 5) is 21.5. The van der Waals surface area contributed by atoms with Crippen LogP contribution < -0.4 is 5.32 Å². The number of imidazole rings is 1. The van der Waals surface area contributed by atoms with E-state index in [1.54, 1.807) is 12.3 Å². The van der Waals surface area contributed by atoms with Crippen LogP contribution in [0, 0.1) is 6.92 Å². The van der Waals surface area contributed by atoms with Gasteiger partial charge in [0.25, 0.3) is 5.91 Å². The molecule has 26 heavy (non-hydrogen) atoms. The first-order chi connectivity index (χ1) is 12.6. The summed E-state index contributed by atoms with van der Waals surface area (Å²) in [5.74, 6) is 0.398. The van der Waals surface area contributed by atoms with Gasteiger partial charge in [0.2, 0.25) is 0 Å². The summed E-state index contributed by atoms with van der Waals surface area (Å²) in [5, 5.41) is 3.00. The minimum atomic E-state index is -0.238. The highest BCUT2D eigenvalue weighted by molar-refractivity contribution is 9.10. The minimum Gasteiger partial charge on any atom is -0.306 e. The first-order valence-corrected chi connectivity index (χ1v) is 8.87. The van der Waals surface area contributed by atoms with E-state index in [1.165, 1.54) is 6.20 Å². The average Bonchev–Trinajstić information content (AvgIpc) is 3.00. The number of nitrogens with zero attached hydrogens (tertiary/aromatic N) is 3.